The summed E-state index contributed by atoms with van der Waals surface area (Å²) < 4.78 is 9.37. The van der Waals surface area contributed by atoms with Crippen LogP contribution in [0.15, 0.2) is 41.6 Å². The molecule has 8 nitrogen and oxygen atoms in total. The number of imidazole rings is 1. The molecule has 0 spiro atoms. The van der Waals surface area contributed by atoms with E-state index in [2.05, 4.69) is 24.8 Å². The molecule has 0 fully saturated rings. The molecule has 0 aliphatic carbocycles. The number of aromatic nitrogens is 2. The van der Waals surface area contributed by atoms with Crippen LogP contribution in [0.3, 0.4) is 0 Å². The highest BCUT2D eigenvalue weighted by atomic mass is 32.2. The third-order valence-corrected chi connectivity index (χ3v) is 4.89. The van der Waals surface area contributed by atoms with Crippen molar-refractivity contribution >= 4 is 46.3 Å². The largest absolute Gasteiger partial charge is 0.465 e. The molecular formula is C20H19N3O5S. The van der Waals surface area contributed by atoms with E-state index in [0.29, 0.717) is 10.8 Å². The fourth-order valence-electron chi connectivity index (χ4n) is 2.67. The molecule has 150 valence electrons. The van der Waals surface area contributed by atoms with Gasteiger partial charge in [0, 0.05) is 5.69 Å². The lowest BCUT2D eigenvalue weighted by molar-refractivity contribution is -0.113. The first-order chi connectivity index (χ1) is 13.9. The molecule has 3 rings (SSSR count). The minimum absolute atomic E-state index is 0.0921. The number of carbonyl (C=O) groups excluding carboxylic acids is 3. The lowest BCUT2D eigenvalue weighted by Gasteiger charge is -2.09. The Labute approximate surface area is 171 Å². The SMILES string of the molecule is COC(=O)c1cc(NC(=O)CSc2nc3ccc(C)cc3[nH]2)cc(C(=O)OC)c1. The number of aryl methyl sites for hydroxylation is 1. The number of anilines is 1. The fourth-order valence-corrected chi connectivity index (χ4v) is 3.36. The van der Waals surface area contributed by atoms with Crippen LogP contribution in [0.2, 0.25) is 0 Å². The Bertz CT molecular complexity index is 1060. The summed E-state index contributed by atoms with van der Waals surface area (Å²) in [5.74, 6) is -1.48. The number of nitrogens with zero attached hydrogens (tertiary/aromatic N) is 1. The molecule has 0 bridgehead atoms. The van der Waals surface area contributed by atoms with E-state index in [-0.39, 0.29) is 22.8 Å². The summed E-state index contributed by atoms with van der Waals surface area (Å²) in [6.45, 7) is 1.99. The maximum atomic E-state index is 12.4. The van der Waals surface area contributed by atoms with Crippen LogP contribution in [0.1, 0.15) is 26.3 Å². The van der Waals surface area contributed by atoms with E-state index < -0.39 is 11.9 Å². The summed E-state index contributed by atoms with van der Waals surface area (Å²) in [5.41, 5.74) is 3.40. The van der Waals surface area contributed by atoms with Gasteiger partial charge in [0.15, 0.2) is 5.16 Å². The number of aromatic amines is 1. The van der Waals surface area contributed by atoms with Gasteiger partial charge >= 0.3 is 11.9 Å². The van der Waals surface area contributed by atoms with Gasteiger partial charge in [-0.2, -0.15) is 0 Å². The lowest BCUT2D eigenvalue weighted by atomic mass is 10.1. The Morgan fingerprint density at radius 2 is 1.69 bits per heavy atom. The normalized spacial score (nSPS) is 10.6. The first-order valence-corrected chi connectivity index (χ1v) is 9.59. The van der Waals surface area contributed by atoms with E-state index >= 15 is 0 Å². The van der Waals surface area contributed by atoms with Crippen molar-refractivity contribution < 1.29 is 23.9 Å². The Kier molecular flexibility index (Phi) is 6.18. The van der Waals surface area contributed by atoms with Gasteiger partial charge in [-0.05, 0) is 42.8 Å². The van der Waals surface area contributed by atoms with E-state index in [1.54, 1.807) is 0 Å². The quantitative estimate of drug-likeness (QED) is 0.472. The Morgan fingerprint density at radius 3 is 2.31 bits per heavy atom. The van der Waals surface area contributed by atoms with Gasteiger partial charge in [0.05, 0.1) is 42.1 Å². The van der Waals surface area contributed by atoms with Crippen molar-refractivity contribution in [3.05, 3.63) is 53.1 Å². The number of H-pyrrole nitrogens is 1. The van der Waals surface area contributed by atoms with Crippen molar-refractivity contribution in [1.29, 1.82) is 0 Å². The number of rotatable bonds is 6. The number of fused-ring (bicyclic) bond motifs is 1. The number of esters is 2. The minimum Gasteiger partial charge on any atom is -0.465 e. The maximum absolute atomic E-state index is 12.4. The average Bonchev–Trinajstić information content (AvgIpc) is 3.12. The second-order valence-corrected chi connectivity index (χ2v) is 7.15. The van der Waals surface area contributed by atoms with Crippen LogP contribution in [0.25, 0.3) is 11.0 Å². The molecule has 29 heavy (non-hydrogen) atoms. The van der Waals surface area contributed by atoms with Gasteiger partial charge in [-0.25, -0.2) is 14.6 Å². The first kappa shape index (κ1) is 20.4. The zero-order valence-corrected chi connectivity index (χ0v) is 16.9. The Morgan fingerprint density at radius 1 is 1.03 bits per heavy atom. The maximum Gasteiger partial charge on any atom is 0.337 e. The van der Waals surface area contributed by atoms with Gasteiger partial charge in [-0.1, -0.05) is 17.8 Å². The molecule has 2 aromatic carbocycles. The van der Waals surface area contributed by atoms with Crippen molar-refractivity contribution in [3.8, 4) is 0 Å². The predicted octanol–water partition coefficient (Wildman–Crippen LogP) is 3.18. The highest BCUT2D eigenvalue weighted by molar-refractivity contribution is 7.99. The average molecular weight is 413 g/mol. The number of ether oxygens (including phenoxy) is 2. The summed E-state index contributed by atoms with van der Waals surface area (Å²) in [6.07, 6.45) is 0. The molecule has 0 saturated carbocycles. The van der Waals surface area contributed by atoms with Crippen LogP contribution in [-0.2, 0) is 14.3 Å². The molecule has 3 aromatic rings. The first-order valence-electron chi connectivity index (χ1n) is 8.60. The van der Waals surface area contributed by atoms with E-state index in [0.717, 1.165) is 16.6 Å². The smallest absolute Gasteiger partial charge is 0.337 e. The van der Waals surface area contributed by atoms with Gasteiger partial charge in [-0.3, -0.25) is 4.79 Å². The standard InChI is InChI=1S/C20H19N3O5S/c1-11-4-5-15-16(6-11)23-20(22-15)29-10-17(24)21-14-8-12(18(25)27-2)7-13(9-14)19(26)28-3/h4-9H,10H2,1-3H3,(H,21,24)(H,22,23). The van der Waals surface area contributed by atoms with Crippen LogP contribution < -0.4 is 5.32 Å². The molecular weight excluding hydrogens is 394 g/mol. The third-order valence-electron chi connectivity index (χ3n) is 4.01. The molecule has 1 heterocycles. The van der Waals surface area contributed by atoms with E-state index in [1.165, 1.54) is 44.2 Å². The molecule has 0 atom stereocenters. The second kappa shape index (κ2) is 8.78. The highest BCUT2D eigenvalue weighted by Crippen LogP contribution is 2.21. The van der Waals surface area contributed by atoms with Crippen molar-refractivity contribution in [3.63, 3.8) is 0 Å². The van der Waals surface area contributed by atoms with Gasteiger partial charge in [-0.15, -0.1) is 0 Å². The van der Waals surface area contributed by atoms with Crippen LogP contribution in [0, 0.1) is 6.92 Å². The minimum atomic E-state index is -0.627. The Hall–Kier alpha value is -3.33. The molecule has 0 unspecified atom stereocenters. The molecule has 0 aliphatic rings. The van der Waals surface area contributed by atoms with Crippen LogP contribution >= 0.6 is 11.8 Å². The van der Waals surface area contributed by atoms with Crippen molar-refractivity contribution in [1.82, 2.24) is 9.97 Å². The van der Waals surface area contributed by atoms with Crippen LogP contribution in [-0.4, -0.2) is 47.8 Å². The van der Waals surface area contributed by atoms with Crippen molar-refractivity contribution in [2.75, 3.05) is 25.3 Å². The molecule has 1 amide bonds. The van der Waals surface area contributed by atoms with Gasteiger partial charge in [0.25, 0.3) is 0 Å². The summed E-state index contributed by atoms with van der Waals surface area (Å²) >= 11 is 1.25. The summed E-state index contributed by atoms with van der Waals surface area (Å²) in [4.78, 5) is 43.6. The van der Waals surface area contributed by atoms with Crippen molar-refractivity contribution in [2.24, 2.45) is 0 Å². The predicted molar refractivity (Wildman–Crippen MR) is 109 cm³/mol. The number of hydrogen-bond acceptors (Lipinski definition) is 7. The topological polar surface area (TPSA) is 110 Å². The van der Waals surface area contributed by atoms with E-state index in [9.17, 15) is 14.4 Å². The number of methoxy groups -OCH3 is 2. The third kappa shape index (κ3) is 4.94. The van der Waals surface area contributed by atoms with Gasteiger partial charge in [0.1, 0.15) is 0 Å². The summed E-state index contributed by atoms with van der Waals surface area (Å²) in [5, 5.41) is 3.30. The zero-order chi connectivity index (χ0) is 21.0. The molecule has 0 saturated heterocycles. The number of nitrogens with one attached hydrogen (secondary N) is 2. The number of benzene rings is 2. The Balaban J connectivity index is 1.71. The number of carbonyl (C=O) groups is 3. The molecule has 2 N–H and O–H groups in total. The van der Waals surface area contributed by atoms with Crippen molar-refractivity contribution in [2.45, 2.75) is 12.1 Å². The summed E-state index contributed by atoms with van der Waals surface area (Å²) in [7, 11) is 2.47. The fraction of sp³-hybridized carbons (Fsp3) is 0.200. The molecule has 0 radical (unpaired) electrons. The monoisotopic (exact) mass is 413 g/mol. The number of hydrogen-bond donors (Lipinski definition) is 2. The van der Waals surface area contributed by atoms with Crippen LogP contribution in [0.5, 0.6) is 0 Å². The summed E-state index contributed by atoms with van der Waals surface area (Å²) in [6, 6.07) is 10.1. The van der Waals surface area contributed by atoms with Gasteiger partial charge in [0.2, 0.25) is 5.91 Å². The zero-order valence-electron chi connectivity index (χ0n) is 16.1. The highest BCUT2D eigenvalue weighted by Gasteiger charge is 2.15. The van der Waals surface area contributed by atoms with Crippen LogP contribution in [0.4, 0.5) is 5.69 Å². The molecule has 1 aromatic heterocycles. The number of amides is 1. The van der Waals surface area contributed by atoms with E-state index in [1.807, 2.05) is 25.1 Å². The van der Waals surface area contributed by atoms with Gasteiger partial charge < -0.3 is 19.8 Å². The van der Waals surface area contributed by atoms with E-state index in [4.69, 9.17) is 0 Å². The molecule has 9 heteroatoms. The lowest BCUT2D eigenvalue weighted by Crippen LogP contribution is -2.16. The molecule has 0 aliphatic heterocycles. The number of thioether (sulfide) groups is 1. The second-order valence-electron chi connectivity index (χ2n) is 6.18.